The van der Waals surface area contributed by atoms with E-state index in [9.17, 15) is 0 Å². The molecule has 0 amide bonds. The Morgan fingerprint density at radius 2 is 1.77 bits per heavy atom. The number of rotatable bonds is 1. The van der Waals surface area contributed by atoms with Crippen LogP contribution in [-0.4, -0.2) is 0 Å². The van der Waals surface area contributed by atoms with Gasteiger partial charge in [0.2, 0.25) is 0 Å². The molecule has 0 fully saturated rings. The second kappa shape index (κ2) is 4.15. The number of alkyl halides is 1. The van der Waals surface area contributed by atoms with Crippen LogP contribution in [0, 0.1) is 0 Å². The molecule has 70 valence electrons. The van der Waals surface area contributed by atoms with Gasteiger partial charge in [-0.3, -0.25) is 0 Å². The fraction of sp³-hybridized carbons (Fsp3) is 0.500. The molecule has 2 rings (SSSR count). The summed E-state index contributed by atoms with van der Waals surface area (Å²) in [5.41, 5.74) is 4.35. The van der Waals surface area contributed by atoms with Crippen LogP contribution in [0.15, 0.2) is 18.2 Å². The monoisotopic (exact) mass is 194 g/mol. The SMILES string of the molecule is ClCc1ccc2c(c1)CCCCC2. The van der Waals surface area contributed by atoms with Crippen molar-refractivity contribution in [1.82, 2.24) is 0 Å². The number of fused-ring (bicyclic) bond motifs is 1. The van der Waals surface area contributed by atoms with E-state index in [4.69, 9.17) is 11.6 Å². The molecule has 0 radical (unpaired) electrons. The Balaban J connectivity index is 2.32. The summed E-state index contributed by atoms with van der Waals surface area (Å²) in [5, 5.41) is 0. The fourth-order valence-electron chi connectivity index (χ4n) is 2.05. The molecule has 1 aliphatic rings. The van der Waals surface area contributed by atoms with E-state index in [1.807, 2.05) is 0 Å². The lowest BCUT2D eigenvalue weighted by atomic mass is 10.0. The standard InChI is InChI=1S/C12H15Cl/c13-9-10-6-7-11-4-2-1-3-5-12(11)8-10/h6-8H,1-5,9H2. The summed E-state index contributed by atoms with van der Waals surface area (Å²) in [5.74, 6) is 0.646. The van der Waals surface area contributed by atoms with Crippen LogP contribution >= 0.6 is 11.6 Å². The van der Waals surface area contributed by atoms with E-state index in [0.29, 0.717) is 5.88 Å². The Hall–Kier alpha value is -0.490. The summed E-state index contributed by atoms with van der Waals surface area (Å²) >= 11 is 5.81. The number of halogens is 1. The molecular formula is C12H15Cl. The van der Waals surface area contributed by atoms with Crippen molar-refractivity contribution in [3.8, 4) is 0 Å². The average Bonchev–Trinajstić information content (AvgIpc) is 2.41. The molecular weight excluding hydrogens is 180 g/mol. The molecule has 0 heterocycles. The molecule has 13 heavy (non-hydrogen) atoms. The summed E-state index contributed by atoms with van der Waals surface area (Å²) in [6, 6.07) is 6.71. The summed E-state index contributed by atoms with van der Waals surface area (Å²) in [7, 11) is 0. The third kappa shape index (κ3) is 2.05. The van der Waals surface area contributed by atoms with E-state index in [2.05, 4.69) is 18.2 Å². The largest absolute Gasteiger partial charge is 0.122 e. The van der Waals surface area contributed by atoms with Crippen LogP contribution in [0.5, 0.6) is 0 Å². The van der Waals surface area contributed by atoms with E-state index < -0.39 is 0 Å². The van der Waals surface area contributed by atoms with Crippen LogP contribution in [0.1, 0.15) is 36.0 Å². The van der Waals surface area contributed by atoms with Gasteiger partial charge in [-0.05, 0) is 42.4 Å². The van der Waals surface area contributed by atoms with Crippen molar-refractivity contribution >= 4 is 11.6 Å². The van der Waals surface area contributed by atoms with Gasteiger partial charge in [0.25, 0.3) is 0 Å². The molecule has 1 aliphatic carbocycles. The van der Waals surface area contributed by atoms with Gasteiger partial charge in [0.05, 0.1) is 0 Å². The van der Waals surface area contributed by atoms with E-state index in [1.165, 1.54) is 43.2 Å². The molecule has 0 atom stereocenters. The molecule has 0 unspecified atom stereocenters. The van der Waals surface area contributed by atoms with E-state index in [-0.39, 0.29) is 0 Å². The molecule has 0 bridgehead atoms. The zero-order valence-corrected chi connectivity index (χ0v) is 8.61. The highest BCUT2D eigenvalue weighted by molar-refractivity contribution is 6.17. The number of benzene rings is 1. The van der Waals surface area contributed by atoms with Crippen molar-refractivity contribution in [3.63, 3.8) is 0 Å². The second-order valence-corrected chi connectivity index (χ2v) is 4.06. The maximum Gasteiger partial charge on any atom is 0.0474 e. The molecule has 1 heteroatoms. The van der Waals surface area contributed by atoms with E-state index >= 15 is 0 Å². The Kier molecular flexibility index (Phi) is 2.90. The fourth-order valence-corrected chi connectivity index (χ4v) is 2.21. The highest BCUT2D eigenvalue weighted by Crippen LogP contribution is 2.22. The molecule has 0 nitrogen and oxygen atoms in total. The quantitative estimate of drug-likeness (QED) is 0.473. The van der Waals surface area contributed by atoms with Gasteiger partial charge in [0.15, 0.2) is 0 Å². The maximum absolute atomic E-state index is 5.81. The van der Waals surface area contributed by atoms with Gasteiger partial charge in [-0.2, -0.15) is 0 Å². The number of aryl methyl sites for hydroxylation is 2. The van der Waals surface area contributed by atoms with Crippen LogP contribution in [0.25, 0.3) is 0 Å². The first-order valence-electron chi connectivity index (χ1n) is 5.07. The normalized spacial score (nSPS) is 16.4. The van der Waals surface area contributed by atoms with Crippen LogP contribution in [0.3, 0.4) is 0 Å². The second-order valence-electron chi connectivity index (χ2n) is 3.80. The summed E-state index contributed by atoms with van der Waals surface area (Å²) in [6.45, 7) is 0. The average molecular weight is 195 g/mol. The molecule has 0 N–H and O–H groups in total. The van der Waals surface area contributed by atoms with Crippen molar-refractivity contribution in [2.75, 3.05) is 0 Å². The first-order chi connectivity index (χ1) is 6.40. The predicted molar refractivity (Wildman–Crippen MR) is 57.3 cm³/mol. The molecule has 0 aliphatic heterocycles. The minimum absolute atomic E-state index is 0.646. The highest BCUT2D eigenvalue weighted by Gasteiger charge is 2.07. The summed E-state index contributed by atoms with van der Waals surface area (Å²) < 4.78 is 0. The van der Waals surface area contributed by atoms with Crippen molar-refractivity contribution < 1.29 is 0 Å². The Labute approximate surface area is 84.9 Å². The number of hydrogen-bond donors (Lipinski definition) is 0. The number of hydrogen-bond acceptors (Lipinski definition) is 0. The topological polar surface area (TPSA) is 0 Å². The maximum atomic E-state index is 5.81. The van der Waals surface area contributed by atoms with Gasteiger partial charge < -0.3 is 0 Å². The zero-order valence-electron chi connectivity index (χ0n) is 7.85. The van der Waals surface area contributed by atoms with Gasteiger partial charge in [-0.15, -0.1) is 11.6 Å². The van der Waals surface area contributed by atoms with Gasteiger partial charge in [-0.1, -0.05) is 24.6 Å². The first kappa shape index (κ1) is 9.08. The Bertz CT molecular complexity index is 291. The lowest BCUT2D eigenvalue weighted by Crippen LogP contribution is -1.92. The lowest BCUT2D eigenvalue weighted by Gasteiger charge is -2.06. The third-order valence-corrected chi connectivity index (χ3v) is 3.13. The van der Waals surface area contributed by atoms with Crippen molar-refractivity contribution in [3.05, 3.63) is 34.9 Å². The molecule has 0 saturated heterocycles. The zero-order chi connectivity index (χ0) is 9.10. The molecule has 0 saturated carbocycles. The minimum Gasteiger partial charge on any atom is -0.122 e. The molecule has 1 aromatic rings. The minimum atomic E-state index is 0.646. The van der Waals surface area contributed by atoms with Gasteiger partial charge >= 0.3 is 0 Å². The third-order valence-electron chi connectivity index (χ3n) is 2.82. The lowest BCUT2D eigenvalue weighted by molar-refractivity contribution is 0.711. The predicted octanol–water partition coefficient (Wildman–Crippen LogP) is 3.69. The van der Waals surface area contributed by atoms with Crippen molar-refractivity contribution in [1.29, 1.82) is 0 Å². The van der Waals surface area contributed by atoms with Gasteiger partial charge in [0, 0.05) is 5.88 Å². The van der Waals surface area contributed by atoms with Gasteiger partial charge in [0.1, 0.15) is 0 Å². The summed E-state index contributed by atoms with van der Waals surface area (Å²) in [6.07, 6.45) is 6.59. The smallest absolute Gasteiger partial charge is 0.0474 e. The Morgan fingerprint density at radius 1 is 1.00 bits per heavy atom. The molecule has 0 spiro atoms. The summed E-state index contributed by atoms with van der Waals surface area (Å²) in [4.78, 5) is 0. The molecule has 1 aromatic carbocycles. The first-order valence-corrected chi connectivity index (χ1v) is 5.60. The van der Waals surface area contributed by atoms with Crippen LogP contribution in [0.4, 0.5) is 0 Å². The van der Waals surface area contributed by atoms with Crippen LogP contribution in [-0.2, 0) is 18.7 Å². The highest BCUT2D eigenvalue weighted by atomic mass is 35.5. The molecule has 0 aromatic heterocycles. The van der Waals surface area contributed by atoms with Gasteiger partial charge in [-0.25, -0.2) is 0 Å². The van der Waals surface area contributed by atoms with E-state index in [0.717, 1.165) is 0 Å². The van der Waals surface area contributed by atoms with Crippen LogP contribution < -0.4 is 0 Å². The van der Waals surface area contributed by atoms with E-state index in [1.54, 1.807) is 5.56 Å². The van der Waals surface area contributed by atoms with Crippen molar-refractivity contribution in [2.45, 2.75) is 38.0 Å². The Morgan fingerprint density at radius 3 is 2.54 bits per heavy atom. The van der Waals surface area contributed by atoms with Crippen molar-refractivity contribution in [2.24, 2.45) is 0 Å². The van der Waals surface area contributed by atoms with Crippen LogP contribution in [0.2, 0.25) is 0 Å².